The molecule has 1 rings (SSSR count). The summed E-state index contributed by atoms with van der Waals surface area (Å²) in [7, 11) is 2.23. The average Bonchev–Trinajstić information content (AvgIpc) is 2.38. The van der Waals surface area contributed by atoms with Gasteiger partial charge in [-0.2, -0.15) is 0 Å². The first kappa shape index (κ1) is 16.0. The van der Waals surface area contributed by atoms with Crippen LogP contribution in [0.25, 0.3) is 0 Å². The number of nitrogens with zero attached hydrogens (tertiary/aromatic N) is 1. The lowest BCUT2D eigenvalue weighted by Crippen LogP contribution is -2.34. The van der Waals surface area contributed by atoms with Gasteiger partial charge in [0.1, 0.15) is 0 Å². The van der Waals surface area contributed by atoms with Crippen LogP contribution in [-0.2, 0) is 0 Å². The average molecular weight is 254 g/mol. The van der Waals surface area contributed by atoms with Gasteiger partial charge in [-0.3, -0.25) is 0 Å². The second-order valence-electron chi connectivity index (χ2n) is 6.36. The van der Waals surface area contributed by atoms with Gasteiger partial charge in [-0.1, -0.05) is 13.3 Å². The van der Waals surface area contributed by atoms with Crippen LogP contribution >= 0.6 is 0 Å². The van der Waals surface area contributed by atoms with Crippen molar-refractivity contribution in [1.82, 2.24) is 10.2 Å². The van der Waals surface area contributed by atoms with Crippen molar-refractivity contribution in [2.24, 2.45) is 5.92 Å². The number of unbranched alkanes of at least 4 members (excludes halogenated alkanes) is 1. The van der Waals surface area contributed by atoms with E-state index in [9.17, 15) is 0 Å². The molecule has 1 fully saturated rings. The first-order valence-corrected chi connectivity index (χ1v) is 8.07. The van der Waals surface area contributed by atoms with Crippen molar-refractivity contribution in [3.8, 4) is 0 Å². The quantitative estimate of drug-likeness (QED) is 0.665. The molecule has 0 aromatic carbocycles. The molecule has 0 unspecified atom stereocenters. The summed E-state index contributed by atoms with van der Waals surface area (Å²) in [5.74, 6) is 1.02. The molecule has 1 aliphatic rings. The predicted molar refractivity (Wildman–Crippen MR) is 81.0 cm³/mol. The molecule has 0 saturated heterocycles. The lowest BCUT2D eigenvalue weighted by Gasteiger charge is -2.28. The zero-order valence-corrected chi connectivity index (χ0v) is 13.0. The van der Waals surface area contributed by atoms with E-state index in [1.807, 2.05) is 0 Å². The molecule has 108 valence electrons. The summed E-state index contributed by atoms with van der Waals surface area (Å²) in [5.41, 5.74) is 0. The van der Waals surface area contributed by atoms with E-state index in [4.69, 9.17) is 0 Å². The second kappa shape index (κ2) is 8.92. The van der Waals surface area contributed by atoms with E-state index in [1.54, 1.807) is 0 Å². The Morgan fingerprint density at radius 1 is 1.11 bits per heavy atom. The first-order chi connectivity index (χ1) is 8.63. The third-order valence-electron chi connectivity index (χ3n) is 4.68. The van der Waals surface area contributed by atoms with Gasteiger partial charge in [0.05, 0.1) is 0 Å². The lowest BCUT2D eigenvalue weighted by atomic mass is 9.84. The standard InChI is InChI=1S/C16H34N2/c1-5-15-8-10-16(11-9-15)17-12-6-7-13-18(4)14(2)3/h14-17H,5-13H2,1-4H3. The van der Waals surface area contributed by atoms with Gasteiger partial charge < -0.3 is 10.2 Å². The number of hydrogen-bond donors (Lipinski definition) is 1. The molecule has 0 bridgehead atoms. The molecule has 0 amide bonds. The van der Waals surface area contributed by atoms with Gasteiger partial charge in [0.15, 0.2) is 0 Å². The SMILES string of the molecule is CCC1CCC(NCCCCN(C)C(C)C)CC1. The van der Waals surface area contributed by atoms with Gasteiger partial charge in [-0.05, 0) is 78.4 Å². The fraction of sp³-hybridized carbons (Fsp3) is 1.00. The summed E-state index contributed by atoms with van der Waals surface area (Å²) >= 11 is 0. The molecular weight excluding hydrogens is 220 g/mol. The fourth-order valence-electron chi connectivity index (χ4n) is 2.83. The Bertz CT molecular complexity index is 195. The largest absolute Gasteiger partial charge is 0.314 e. The van der Waals surface area contributed by atoms with Crippen LogP contribution in [0.1, 0.15) is 65.7 Å². The Balaban J connectivity index is 1.95. The van der Waals surface area contributed by atoms with Crippen molar-refractivity contribution >= 4 is 0 Å². The van der Waals surface area contributed by atoms with Crippen molar-refractivity contribution in [3.63, 3.8) is 0 Å². The smallest absolute Gasteiger partial charge is 0.00672 e. The summed E-state index contributed by atoms with van der Waals surface area (Å²) in [4.78, 5) is 2.44. The molecule has 1 aliphatic carbocycles. The highest BCUT2D eigenvalue weighted by atomic mass is 15.1. The summed E-state index contributed by atoms with van der Waals surface area (Å²) in [5, 5.41) is 3.75. The number of hydrogen-bond acceptors (Lipinski definition) is 2. The maximum absolute atomic E-state index is 3.75. The Morgan fingerprint density at radius 3 is 2.33 bits per heavy atom. The van der Waals surface area contributed by atoms with Crippen LogP contribution in [0.15, 0.2) is 0 Å². The summed E-state index contributed by atoms with van der Waals surface area (Å²) in [6.07, 6.45) is 9.74. The van der Waals surface area contributed by atoms with Crippen LogP contribution < -0.4 is 5.32 Å². The molecule has 0 spiro atoms. The van der Waals surface area contributed by atoms with E-state index < -0.39 is 0 Å². The van der Waals surface area contributed by atoms with Crippen LogP contribution in [0.2, 0.25) is 0 Å². The minimum Gasteiger partial charge on any atom is -0.314 e. The molecule has 1 saturated carbocycles. The van der Waals surface area contributed by atoms with Crippen LogP contribution in [0.5, 0.6) is 0 Å². The summed E-state index contributed by atoms with van der Waals surface area (Å²) in [6.45, 7) is 9.33. The molecule has 0 atom stereocenters. The van der Waals surface area contributed by atoms with Crippen LogP contribution in [0.4, 0.5) is 0 Å². The zero-order chi connectivity index (χ0) is 13.4. The van der Waals surface area contributed by atoms with Gasteiger partial charge >= 0.3 is 0 Å². The maximum atomic E-state index is 3.75. The topological polar surface area (TPSA) is 15.3 Å². The zero-order valence-electron chi connectivity index (χ0n) is 13.0. The Labute approximate surface area is 115 Å². The molecule has 2 heteroatoms. The van der Waals surface area contributed by atoms with Crippen molar-refractivity contribution in [1.29, 1.82) is 0 Å². The molecule has 0 aromatic heterocycles. The van der Waals surface area contributed by atoms with E-state index in [0.717, 1.165) is 12.0 Å². The van der Waals surface area contributed by atoms with Crippen molar-refractivity contribution in [2.75, 3.05) is 20.1 Å². The predicted octanol–water partition coefficient (Wildman–Crippen LogP) is 3.67. The fourth-order valence-corrected chi connectivity index (χ4v) is 2.83. The maximum Gasteiger partial charge on any atom is 0.00672 e. The van der Waals surface area contributed by atoms with Gasteiger partial charge in [-0.25, -0.2) is 0 Å². The third kappa shape index (κ3) is 6.19. The van der Waals surface area contributed by atoms with Crippen LogP contribution in [0, 0.1) is 5.92 Å². The molecule has 0 heterocycles. The van der Waals surface area contributed by atoms with Crippen molar-refractivity contribution in [3.05, 3.63) is 0 Å². The molecule has 0 radical (unpaired) electrons. The third-order valence-corrected chi connectivity index (χ3v) is 4.68. The van der Waals surface area contributed by atoms with Gasteiger partial charge in [0, 0.05) is 12.1 Å². The van der Waals surface area contributed by atoms with E-state index in [2.05, 4.69) is 38.0 Å². The summed E-state index contributed by atoms with van der Waals surface area (Å²) in [6, 6.07) is 1.50. The first-order valence-electron chi connectivity index (χ1n) is 8.07. The Kier molecular flexibility index (Phi) is 7.92. The molecule has 0 aliphatic heterocycles. The van der Waals surface area contributed by atoms with Gasteiger partial charge in [-0.15, -0.1) is 0 Å². The monoisotopic (exact) mass is 254 g/mol. The summed E-state index contributed by atoms with van der Waals surface area (Å²) < 4.78 is 0. The van der Waals surface area contributed by atoms with E-state index in [0.29, 0.717) is 6.04 Å². The van der Waals surface area contributed by atoms with Gasteiger partial charge in [0.2, 0.25) is 0 Å². The van der Waals surface area contributed by atoms with Gasteiger partial charge in [0.25, 0.3) is 0 Å². The highest BCUT2D eigenvalue weighted by molar-refractivity contribution is 4.76. The Morgan fingerprint density at radius 2 is 1.78 bits per heavy atom. The molecular formula is C16H34N2. The second-order valence-corrected chi connectivity index (χ2v) is 6.36. The highest BCUT2D eigenvalue weighted by Gasteiger charge is 2.18. The van der Waals surface area contributed by atoms with E-state index >= 15 is 0 Å². The van der Waals surface area contributed by atoms with E-state index in [-0.39, 0.29) is 0 Å². The molecule has 0 aromatic rings. The number of nitrogens with one attached hydrogen (secondary N) is 1. The van der Waals surface area contributed by atoms with Crippen molar-refractivity contribution in [2.45, 2.75) is 77.8 Å². The Hall–Kier alpha value is -0.0800. The van der Waals surface area contributed by atoms with Crippen LogP contribution in [0.3, 0.4) is 0 Å². The van der Waals surface area contributed by atoms with Crippen molar-refractivity contribution < 1.29 is 0 Å². The molecule has 18 heavy (non-hydrogen) atoms. The lowest BCUT2D eigenvalue weighted by molar-refractivity contribution is 0.261. The molecule has 1 N–H and O–H groups in total. The minimum absolute atomic E-state index is 0.683. The van der Waals surface area contributed by atoms with E-state index in [1.165, 1.54) is 58.0 Å². The minimum atomic E-state index is 0.683. The highest BCUT2D eigenvalue weighted by Crippen LogP contribution is 2.26. The van der Waals surface area contributed by atoms with Crippen LogP contribution in [-0.4, -0.2) is 37.1 Å². The molecule has 2 nitrogen and oxygen atoms in total. The number of rotatable bonds is 8. The normalized spacial score (nSPS) is 25.0.